The second-order valence-electron chi connectivity index (χ2n) is 13.3. The molecule has 2 aliphatic rings. The fourth-order valence-corrected chi connectivity index (χ4v) is 11.0. The highest BCUT2D eigenvalue weighted by Gasteiger charge is 2.50. The molecule has 3 heteroatoms. The van der Waals surface area contributed by atoms with Gasteiger partial charge in [-0.05, 0) is 92.2 Å². The molecule has 1 aromatic heterocycles. The Balaban J connectivity index is 1.19. The van der Waals surface area contributed by atoms with Crippen LogP contribution < -0.4 is 5.32 Å². The quantitative estimate of drug-likeness (QED) is 0.201. The molecule has 0 fully saturated rings. The maximum Gasteiger partial charge on any atom is 0.0735 e. The molecule has 2 heterocycles. The predicted molar refractivity (Wildman–Crippen MR) is 213 cm³/mol. The zero-order valence-electron chi connectivity index (χ0n) is 27.0. The zero-order valence-corrected chi connectivity index (χ0v) is 28.6. The topological polar surface area (TPSA) is 12.0 Å². The molecule has 0 saturated carbocycles. The van der Waals surface area contributed by atoms with E-state index in [2.05, 4.69) is 175 Å². The van der Waals surface area contributed by atoms with Gasteiger partial charge in [0.05, 0.1) is 5.41 Å². The highest BCUT2D eigenvalue weighted by Crippen LogP contribution is 2.62. The van der Waals surface area contributed by atoms with Crippen molar-refractivity contribution < 1.29 is 0 Å². The van der Waals surface area contributed by atoms with Crippen LogP contribution in [0.5, 0.6) is 0 Å². The normalized spacial score (nSPS) is 13.7. The molecule has 0 amide bonds. The van der Waals surface area contributed by atoms with Gasteiger partial charge in [0.2, 0.25) is 0 Å². The van der Waals surface area contributed by atoms with Gasteiger partial charge in [-0.1, -0.05) is 139 Å². The fraction of sp³-hybridized carbons (Fsp3) is 0.0213. The highest BCUT2D eigenvalue weighted by atomic mass is 32.2. The summed E-state index contributed by atoms with van der Waals surface area (Å²) in [7, 11) is 0. The number of nitrogens with one attached hydrogen (secondary N) is 1. The van der Waals surface area contributed by atoms with Crippen molar-refractivity contribution in [1.29, 1.82) is 0 Å². The van der Waals surface area contributed by atoms with E-state index in [0.29, 0.717) is 0 Å². The maximum absolute atomic E-state index is 3.97. The molecular formula is C47H29NS2. The molecule has 1 N–H and O–H groups in total. The van der Waals surface area contributed by atoms with Crippen molar-refractivity contribution in [3.63, 3.8) is 0 Å². The lowest BCUT2D eigenvalue weighted by Gasteiger charge is -2.40. The molecule has 0 radical (unpaired) electrons. The van der Waals surface area contributed by atoms with Crippen molar-refractivity contribution in [2.24, 2.45) is 0 Å². The van der Waals surface area contributed by atoms with E-state index >= 15 is 0 Å². The van der Waals surface area contributed by atoms with Gasteiger partial charge in [0, 0.05) is 46.9 Å². The van der Waals surface area contributed by atoms with Crippen LogP contribution >= 0.6 is 23.1 Å². The number of thiophene rings is 1. The van der Waals surface area contributed by atoms with Crippen LogP contribution in [-0.2, 0) is 5.41 Å². The van der Waals surface area contributed by atoms with Crippen LogP contribution in [-0.4, -0.2) is 0 Å². The summed E-state index contributed by atoms with van der Waals surface area (Å²) in [5.41, 5.74) is 12.3. The Hall–Kier alpha value is -5.61. The average molecular weight is 672 g/mol. The minimum absolute atomic E-state index is 0.417. The summed E-state index contributed by atoms with van der Waals surface area (Å²) in [4.78, 5) is 2.63. The van der Waals surface area contributed by atoms with E-state index in [1.165, 1.54) is 85.2 Å². The number of anilines is 2. The number of benzene rings is 8. The van der Waals surface area contributed by atoms with Gasteiger partial charge in [-0.25, -0.2) is 0 Å². The summed E-state index contributed by atoms with van der Waals surface area (Å²) in [5, 5.41) is 9.02. The van der Waals surface area contributed by atoms with Crippen molar-refractivity contribution in [2.45, 2.75) is 15.2 Å². The van der Waals surface area contributed by atoms with E-state index < -0.39 is 5.41 Å². The standard InChI is InChI=1S/C47H29NS2/c1-2-13-31-29(12-1)24-26-40(48-39-20-11-23-44-46(39)34-16-5-9-21-41(34)49-44)45(31)30-25-27-43-38(28-30)47(37-19-8-10-22-42(37)50-43)35-17-6-3-14-32(35)33-15-4-7-18-36(33)47/h1-28,48H. The Morgan fingerprint density at radius 1 is 0.440 bits per heavy atom. The van der Waals surface area contributed by atoms with E-state index in [4.69, 9.17) is 0 Å². The third kappa shape index (κ3) is 3.85. The van der Waals surface area contributed by atoms with Crippen molar-refractivity contribution in [2.75, 3.05) is 5.32 Å². The summed E-state index contributed by atoms with van der Waals surface area (Å²) in [6.07, 6.45) is 0. The Kier molecular flexibility index (Phi) is 6.04. The number of rotatable bonds is 3. The molecule has 9 aromatic rings. The lowest BCUT2D eigenvalue weighted by molar-refractivity contribution is 0.723. The third-order valence-electron chi connectivity index (χ3n) is 10.7. The largest absolute Gasteiger partial charge is 0.354 e. The average Bonchev–Trinajstić information content (AvgIpc) is 3.70. The van der Waals surface area contributed by atoms with Crippen LogP contribution in [0.25, 0.3) is 53.2 Å². The van der Waals surface area contributed by atoms with Gasteiger partial charge >= 0.3 is 0 Å². The van der Waals surface area contributed by atoms with Crippen molar-refractivity contribution >= 4 is 65.4 Å². The minimum atomic E-state index is -0.417. The molecule has 50 heavy (non-hydrogen) atoms. The summed E-state index contributed by atoms with van der Waals surface area (Å²) >= 11 is 3.75. The summed E-state index contributed by atoms with van der Waals surface area (Å²) in [5.74, 6) is 0. The molecule has 0 unspecified atom stereocenters. The van der Waals surface area contributed by atoms with Crippen LogP contribution in [0, 0.1) is 0 Å². The molecule has 8 aromatic carbocycles. The number of hydrogen-bond donors (Lipinski definition) is 1. The van der Waals surface area contributed by atoms with Crippen LogP contribution in [0.15, 0.2) is 180 Å². The molecule has 1 spiro atoms. The van der Waals surface area contributed by atoms with E-state index in [-0.39, 0.29) is 0 Å². The zero-order chi connectivity index (χ0) is 32.8. The maximum atomic E-state index is 3.97. The van der Waals surface area contributed by atoms with E-state index in [1.807, 2.05) is 23.1 Å². The molecule has 0 saturated heterocycles. The monoisotopic (exact) mass is 671 g/mol. The van der Waals surface area contributed by atoms with Gasteiger partial charge in [-0.2, -0.15) is 0 Å². The molecule has 0 bridgehead atoms. The molecule has 1 aliphatic carbocycles. The minimum Gasteiger partial charge on any atom is -0.354 e. The second-order valence-corrected chi connectivity index (χ2v) is 15.4. The molecule has 11 rings (SSSR count). The smallest absolute Gasteiger partial charge is 0.0735 e. The first-order chi connectivity index (χ1) is 24.8. The number of fused-ring (bicyclic) bond motifs is 13. The lowest BCUT2D eigenvalue weighted by atomic mass is 9.67. The molecule has 1 aliphatic heterocycles. The van der Waals surface area contributed by atoms with Crippen molar-refractivity contribution in [1.82, 2.24) is 0 Å². The lowest BCUT2D eigenvalue weighted by Crippen LogP contribution is -2.32. The van der Waals surface area contributed by atoms with Gasteiger partial charge in [-0.3, -0.25) is 0 Å². The first-order valence-electron chi connectivity index (χ1n) is 17.1. The summed E-state index contributed by atoms with van der Waals surface area (Å²) in [6.45, 7) is 0. The van der Waals surface area contributed by atoms with Gasteiger partial charge in [0.15, 0.2) is 0 Å². The summed E-state index contributed by atoms with van der Waals surface area (Å²) < 4.78 is 2.61. The van der Waals surface area contributed by atoms with Gasteiger partial charge in [-0.15, -0.1) is 11.3 Å². The molecular weight excluding hydrogens is 643 g/mol. The van der Waals surface area contributed by atoms with E-state index in [9.17, 15) is 0 Å². The molecule has 0 atom stereocenters. The third-order valence-corrected chi connectivity index (χ3v) is 13.0. The van der Waals surface area contributed by atoms with E-state index in [0.717, 1.165) is 11.4 Å². The Labute approximate surface area is 298 Å². The van der Waals surface area contributed by atoms with Gasteiger partial charge in [0.1, 0.15) is 0 Å². The summed E-state index contributed by atoms with van der Waals surface area (Å²) in [6, 6.07) is 63.1. The predicted octanol–water partition coefficient (Wildman–Crippen LogP) is 13.4. The van der Waals surface area contributed by atoms with Crippen molar-refractivity contribution in [3.05, 3.63) is 192 Å². The van der Waals surface area contributed by atoms with E-state index in [1.54, 1.807) is 0 Å². The Morgan fingerprint density at radius 3 is 1.94 bits per heavy atom. The highest BCUT2D eigenvalue weighted by molar-refractivity contribution is 7.99. The molecule has 1 nitrogen and oxygen atoms in total. The number of hydrogen-bond acceptors (Lipinski definition) is 3. The molecule has 234 valence electrons. The Bertz CT molecular complexity index is 2800. The van der Waals surface area contributed by atoms with Crippen LogP contribution in [0.2, 0.25) is 0 Å². The second kappa shape index (κ2) is 10.7. The first-order valence-corrected chi connectivity index (χ1v) is 18.7. The van der Waals surface area contributed by atoms with Gasteiger partial charge < -0.3 is 5.32 Å². The first kappa shape index (κ1) is 28.3. The van der Waals surface area contributed by atoms with Gasteiger partial charge in [0.25, 0.3) is 0 Å². The Morgan fingerprint density at radius 2 is 1.10 bits per heavy atom. The van der Waals surface area contributed by atoms with Crippen LogP contribution in [0.4, 0.5) is 11.4 Å². The van der Waals surface area contributed by atoms with Crippen molar-refractivity contribution in [3.8, 4) is 22.3 Å². The fourth-order valence-electron chi connectivity index (χ4n) is 8.72. The van der Waals surface area contributed by atoms with Crippen LogP contribution in [0.1, 0.15) is 22.3 Å². The van der Waals surface area contributed by atoms with Crippen LogP contribution in [0.3, 0.4) is 0 Å². The SMILES string of the molecule is c1ccc2c(c1)Sc1ccc(-c3c(Nc4cccc5sc6ccccc6c45)ccc4ccccc34)cc1C21c2ccccc2-c2ccccc21.